The number of carboxylic acid groups (broad SMARTS) is 1. The Balaban J connectivity index is 2.13. The van der Waals surface area contributed by atoms with Crippen LogP contribution in [0.4, 0.5) is 0 Å². The number of hydrogen-bond acceptors (Lipinski definition) is 6. The van der Waals surface area contributed by atoms with Gasteiger partial charge < -0.3 is 14.4 Å². The number of aromatic carboxylic acids is 1. The molecule has 0 saturated heterocycles. The normalized spacial score (nSPS) is 11.3. The summed E-state index contributed by atoms with van der Waals surface area (Å²) in [5, 5.41) is 13.0. The van der Waals surface area contributed by atoms with Crippen molar-refractivity contribution >= 4 is 17.3 Å². The predicted molar refractivity (Wildman–Crippen MR) is 78.1 cm³/mol. The molecule has 0 atom stereocenters. The number of carboxylic acids is 1. The first-order chi connectivity index (χ1) is 9.88. The summed E-state index contributed by atoms with van der Waals surface area (Å²) < 4.78 is 10.6. The van der Waals surface area contributed by atoms with Crippen LogP contribution < -0.4 is 4.74 Å². The van der Waals surface area contributed by atoms with Gasteiger partial charge in [-0.2, -0.15) is 4.98 Å². The molecule has 2 aromatic heterocycles. The van der Waals surface area contributed by atoms with Crippen LogP contribution in [0.5, 0.6) is 5.75 Å². The predicted octanol–water partition coefficient (Wildman–Crippen LogP) is 3.66. The summed E-state index contributed by atoms with van der Waals surface area (Å²) in [5.41, 5.74) is 0. The average Bonchev–Trinajstić information content (AvgIpc) is 3.03. The summed E-state index contributed by atoms with van der Waals surface area (Å²) >= 11 is 1.23. The highest BCUT2D eigenvalue weighted by atomic mass is 32.1. The molecule has 6 nitrogen and oxygen atoms in total. The molecule has 0 aliphatic heterocycles. The van der Waals surface area contributed by atoms with E-state index < -0.39 is 5.97 Å². The quantitative estimate of drug-likeness (QED) is 0.876. The minimum Gasteiger partial charge on any atom is -0.484 e. The maximum atomic E-state index is 11.2. The molecular formula is C14H18N2O4S. The molecular weight excluding hydrogens is 292 g/mol. The van der Waals surface area contributed by atoms with Crippen LogP contribution in [0, 0.1) is 0 Å². The number of hydrogen-bond donors (Lipinski definition) is 1. The molecule has 7 heteroatoms. The van der Waals surface area contributed by atoms with Crippen LogP contribution in [0.3, 0.4) is 0 Å². The molecule has 2 heterocycles. The number of nitrogens with zero attached hydrogens (tertiary/aromatic N) is 2. The van der Waals surface area contributed by atoms with Crippen LogP contribution in [0.2, 0.25) is 0 Å². The van der Waals surface area contributed by atoms with E-state index in [1.807, 2.05) is 27.7 Å². The van der Waals surface area contributed by atoms with Gasteiger partial charge in [0.2, 0.25) is 11.7 Å². The van der Waals surface area contributed by atoms with Crippen molar-refractivity contribution in [3.63, 3.8) is 0 Å². The van der Waals surface area contributed by atoms with Gasteiger partial charge in [0, 0.05) is 10.8 Å². The fourth-order valence-corrected chi connectivity index (χ4v) is 2.58. The van der Waals surface area contributed by atoms with E-state index in [1.165, 1.54) is 11.3 Å². The highest BCUT2D eigenvalue weighted by Crippen LogP contribution is 2.34. The third kappa shape index (κ3) is 3.60. The molecule has 0 aliphatic carbocycles. The second-order valence-electron chi connectivity index (χ2n) is 5.29. The Kier molecular flexibility index (Phi) is 4.62. The fraction of sp³-hybridized carbons (Fsp3) is 0.500. The lowest BCUT2D eigenvalue weighted by atomic mass is 10.2. The Bertz CT molecular complexity index is 631. The van der Waals surface area contributed by atoms with E-state index in [-0.39, 0.29) is 23.3 Å². The van der Waals surface area contributed by atoms with Gasteiger partial charge in [0.1, 0.15) is 5.75 Å². The van der Waals surface area contributed by atoms with E-state index in [1.54, 1.807) is 6.07 Å². The van der Waals surface area contributed by atoms with E-state index in [0.717, 1.165) is 4.88 Å². The first kappa shape index (κ1) is 15.5. The highest BCUT2D eigenvalue weighted by Gasteiger charge is 2.19. The zero-order chi connectivity index (χ0) is 15.6. The second-order valence-corrected chi connectivity index (χ2v) is 6.38. The fourth-order valence-electron chi connectivity index (χ4n) is 1.64. The number of rotatable bonds is 6. The zero-order valence-corrected chi connectivity index (χ0v) is 13.2. The van der Waals surface area contributed by atoms with Gasteiger partial charge in [-0.25, -0.2) is 4.79 Å². The Hall–Kier alpha value is -1.89. The van der Waals surface area contributed by atoms with Crippen molar-refractivity contribution in [2.45, 2.75) is 46.1 Å². The third-order valence-electron chi connectivity index (χ3n) is 2.81. The summed E-state index contributed by atoms with van der Waals surface area (Å²) in [6.07, 6.45) is 0. The zero-order valence-electron chi connectivity index (χ0n) is 12.4. The van der Waals surface area contributed by atoms with Gasteiger partial charge in [0.25, 0.3) is 0 Å². The molecule has 0 bridgehead atoms. The van der Waals surface area contributed by atoms with Crippen LogP contribution in [0.1, 0.15) is 65.8 Å². The van der Waals surface area contributed by atoms with Crippen LogP contribution in [-0.2, 0) is 6.61 Å². The highest BCUT2D eigenvalue weighted by molar-refractivity contribution is 7.14. The second kappa shape index (κ2) is 6.26. The van der Waals surface area contributed by atoms with E-state index in [4.69, 9.17) is 9.26 Å². The van der Waals surface area contributed by atoms with Gasteiger partial charge in [-0.3, -0.25) is 0 Å². The lowest BCUT2D eigenvalue weighted by Gasteiger charge is -2.01. The SMILES string of the molecule is CC(C)c1nc(COc2cc(C(C)C)sc2C(=O)O)no1. The standard InChI is InChI=1S/C14H18N2O4S/c1-7(2)10-5-9(12(21-10)14(17)18)19-6-11-15-13(8(3)4)20-16-11/h5,7-8H,6H2,1-4H3,(H,17,18). The summed E-state index contributed by atoms with van der Waals surface area (Å²) in [4.78, 5) is 16.6. The Morgan fingerprint density at radius 2 is 2.10 bits per heavy atom. The van der Waals surface area contributed by atoms with Gasteiger partial charge in [0.15, 0.2) is 11.5 Å². The Morgan fingerprint density at radius 1 is 1.38 bits per heavy atom. The first-order valence-corrected chi connectivity index (χ1v) is 7.52. The lowest BCUT2D eigenvalue weighted by Crippen LogP contribution is -2.01. The molecule has 21 heavy (non-hydrogen) atoms. The van der Waals surface area contributed by atoms with Gasteiger partial charge in [-0.05, 0) is 12.0 Å². The molecule has 0 aromatic carbocycles. The molecule has 0 amide bonds. The van der Waals surface area contributed by atoms with Crippen molar-refractivity contribution in [2.75, 3.05) is 0 Å². The number of carbonyl (C=O) groups is 1. The summed E-state index contributed by atoms with van der Waals surface area (Å²) in [5.74, 6) is 0.718. The smallest absolute Gasteiger partial charge is 0.349 e. The van der Waals surface area contributed by atoms with Crippen LogP contribution in [-0.4, -0.2) is 21.2 Å². The van der Waals surface area contributed by atoms with Gasteiger partial charge in [-0.1, -0.05) is 32.9 Å². The van der Waals surface area contributed by atoms with Gasteiger partial charge in [0.05, 0.1) is 0 Å². The van der Waals surface area contributed by atoms with Crippen LogP contribution >= 0.6 is 11.3 Å². The minimum absolute atomic E-state index is 0.0881. The van der Waals surface area contributed by atoms with Crippen molar-refractivity contribution in [3.05, 3.63) is 27.5 Å². The van der Waals surface area contributed by atoms with Crippen LogP contribution in [0.25, 0.3) is 0 Å². The summed E-state index contributed by atoms with van der Waals surface area (Å²) in [7, 11) is 0. The van der Waals surface area contributed by atoms with Gasteiger partial charge in [-0.15, -0.1) is 11.3 Å². The lowest BCUT2D eigenvalue weighted by molar-refractivity contribution is 0.0697. The van der Waals surface area contributed by atoms with E-state index in [9.17, 15) is 9.90 Å². The summed E-state index contributed by atoms with van der Waals surface area (Å²) in [6.45, 7) is 8.01. The van der Waals surface area contributed by atoms with Gasteiger partial charge >= 0.3 is 5.97 Å². The average molecular weight is 310 g/mol. The summed E-state index contributed by atoms with van der Waals surface area (Å²) in [6, 6.07) is 1.77. The molecule has 0 radical (unpaired) electrons. The molecule has 0 spiro atoms. The molecule has 0 fully saturated rings. The van der Waals surface area contributed by atoms with E-state index >= 15 is 0 Å². The van der Waals surface area contributed by atoms with E-state index in [2.05, 4.69) is 10.1 Å². The molecule has 0 saturated carbocycles. The molecule has 1 N–H and O–H groups in total. The van der Waals surface area contributed by atoms with Crippen molar-refractivity contribution in [2.24, 2.45) is 0 Å². The Morgan fingerprint density at radius 3 is 2.62 bits per heavy atom. The Labute approximate surface area is 126 Å². The minimum atomic E-state index is -0.988. The molecule has 2 aromatic rings. The first-order valence-electron chi connectivity index (χ1n) is 6.70. The van der Waals surface area contributed by atoms with Crippen molar-refractivity contribution in [1.82, 2.24) is 10.1 Å². The largest absolute Gasteiger partial charge is 0.484 e. The molecule has 0 aliphatic rings. The third-order valence-corrected chi connectivity index (χ3v) is 4.22. The monoisotopic (exact) mass is 310 g/mol. The number of aromatic nitrogens is 2. The molecule has 114 valence electrons. The maximum absolute atomic E-state index is 11.2. The van der Waals surface area contributed by atoms with Crippen molar-refractivity contribution in [3.8, 4) is 5.75 Å². The van der Waals surface area contributed by atoms with Crippen molar-refractivity contribution < 1.29 is 19.2 Å². The molecule has 2 rings (SSSR count). The number of ether oxygens (including phenoxy) is 1. The molecule has 0 unspecified atom stereocenters. The van der Waals surface area contributed by atoms with E-state index in [0.29, 0.717) is 17.5 Å². The van der Waals surface area contributed by atoms with Crippen LogP contribution in [0.15, 0.2) is 10.6 Å². The maximum Gasteiger partial charge on any atom is 0.349 e. The topological polar surface area (TPSA) is 85.5 Å². The van der Waals surface area contributed by atoms with Crippen molar-refractivity contribution in [1.29, 1.82) is 0 Å². The number of thiophene rings is 1.